The topological polar surface area (TPSA) is 51.7 Å². The lowest BCUT2D eigenvalue weighted by molar-refractivity contribution is -0.0225. The minimum atomic E-state index is -0.438. The van der Waals surface area contributed by atoms with Crippen molar-refractivity contribution in [3.05, 3.63) is 29.1 Å². The first-order chi connectivity index (χ1) is 12.4. The fraction of sp³-hybridized carbons (Fsp3) is 0.714. The van der Waals surface area contributed by atoms with E-state index in [0.717, 1.165) is 31.5 Å². The van der Waals surface area contributed by atoms with Crippen molar-refractivity contribution in [2.75, 3.05) is 6.54 Å². The van der Waals surface area contributed by atoms with E-state index in [0.29, 0.717) is 12.5 Å². The van der Waals surface area contributed by atoms with Crippen LogP contribution in [0.1, 0.15) is 63.3 Å². The molecule has 0 unspecified atom stereocenters. The van der Waals surface area contributed by atoms with Crippen LogP contribution in [0.15, 0.2) is 12.3 Å². The van der Waals surface area contributed by atoms with Gasteiger partial charge in [0.1, 0.15) is 5.60 Å². The van der Waals surface area contributed by atoms with E-state index in [1.54, 1.807) is 0 Å². The highest BCUT2D eigenvalue weighted by Gasteiger charge is 2.48. The lowest BCUT2D eigenvalue weighted by atomic mass is 9.93. The number of hydrogen-bond donors (Lipinski definition) is 0. The molecule has 0 N–H and O–H groups in total. The van der Waals surface area contributed by atoms with Crippen LogP contribution in [0.2, 0.25) is 0 Å². The lowest BCUT2D eigenvalue weighted by Crippen LogP contribution is -2.44. The number of carbonyl (C=O) groups excluding carboxylic acids is 1. The van der Waals surface area contributed by atoms with Crippen LogP contribution < -0.4 is 0 Å². The summed E-state index contributed by atoms with van der Waals surface area (Å²) >= 11 is 0. The highest BCUT2D eigenvalue weighted by atomic mass is 16.6. The molecular formula is C21H30N2O3. The normalized spacial score (nSPS) is 27.5. The quantitative estimate of drug-likeness (QED) is 0.823. The monoisotopic (exact) mass is 358 g/mol. The molecule has 1 amide bonds. The van der Waals surface area contributed by atoms with E-state index < -0.39 is 5.60 Å². The molecule has 26 heavy (non-hydrogen) atoms. The third-order valence-electron chi connectivity index (χ3n) is 5.83. The molecule has 4 rings (SSSR count). The number of carbonyl (C=O) groups is 1. The molecule has 0 radical (unpaired) electrons. The maximum absolute atomic E-state index is 12.3. The number of aromatic nitrogens is 1. The zero-order valence-corrected chi connectivity index (χ0v) is 16.2. The maximum atomic E-state index is 12.3. The zero-order valence-electron chi connectivity index (χ0n) is 16.2. The van der Waals surface area contributed by atoms with Gasteiger partial charge in [-0.2, -0.15) is 0 Å². The maximum Gasteiger partial charge on any atom is 0.410 e. The Bertz CT molecular complexity index is 682. The van der Waals surface area contributed by atoms with Crippen LogP contribution in [0.25, 0.3) is 0 Å². The fourth-order valence-electron chi connectivity index (χ4n) is 4.59. The van der Waals surface area contributed by atoms with Gasteiger partial charge in [0.15, 0.2) is 0 Å². The van der Waals surface area contributed by atoms with E-state index in [2.05, 4.69) is 11.1 Å². The van der Waals surface area contributed by atoms with Crippen LogP contribution in [0.4, 0.5) is 4.79 Å². The van der Waals surface area contributed by atoms with Crippen molar-refractivity contribution < 1.29 is 14.3 Å². The van der Waals surface area contributed by atoms with Crippen LogP contribution >= 0.6 is 0 Å². The summed E-state index contributed by atoms with van der Waals surface area (Å²) in [5, 5.41) is 0. The molecule has 2 heterocycles. The molecule has 1 aromatic heterocycles. The predicted octanol–water partition coefficient (Wildman–Crippen LogP) is 3.87. The number of aryl methyl sites for hydroxylation is 2. The first-order valence-corrected chi connectivity index (χ1v) is 9.97. The number of rotatable bonds is 3. The molecule has 1 saturated carbocycles. The van der Waals surface area contributed by atoms with Crippen molar-refractivity contribution in [2.45, 2.75) is 83.6 Å². The van der Waals surface area contributed by atoms with Crippen molar-refractivity contribution in [3.63, 3.8) is 0 Å². The lowest BCUT2D eigenvalue weighted by Gasteiger charge is -2.33. The summed E-state index contributed by atoms with van der Waals surface area (Å²) < 4.78 is 11.7. The summed E-state index contributed by atoms with van der Waals surface area (Å²) in [5.41, 5.74) is 3.46. The largest absolute Gasteiger partial charge is 0.444 e. The summed E-state index contributed by atoms with van der Waals surface area (Å²) in [6.07, 6.45) is 8.93. The van der Waals surface area contributed by atoms with Crippen molar-refractivity contribution in [1.29, 1.82) is 0 Å². The van der Waals surface area contributed by atoms with E-state index in [4.69, 9.17) is 9.47 Å². The fourth-order valence-corrected chi connectivity index (χ4v) is 4.59. The third kappa shape index (κ3) is 3.73. The molecule has 1 saturated heterocycles. The average molecular weight is 358 g/mol. The summed E-state index contributed by atoms with van der Waals surface area (Å²) in [6.45, 7) is 7.07. The van der Waals surface area contributed by atoms with E-state index in [-0.39, 0.29) is 18.2 Å². The molecule has 0 aromatic carbocycles. The second kappa shape index (κ2) is 6.84. The molecular weight excluding hydrogens is 328 g/mol. The number of amides is 1. The Balaban J connectivity index is 1.30. The summed E-state index contributed by atoms with van der Waals surface area (Å²) in [4.78, 5) is 18.8. The van der Waals surface area contributed by atoms with Crippen LogP contribution in [0.3, 0.4) is 0 Å². The number of ether oxygens (including phenoxy) is 2. The molecule has 1 aliphatic heterocycles. The van der Waals surface area contributed by atoms with E-state index in [9.17, 15) is 4.79 Å². The second-order valence-corrected chi connectivity index (χ2v) is 9.02. The Morgan fingerprint density at radius 2 is 2.00 bits per heavy atom. The molecule has 142 valence electrons. The van der Waals surface area contributed by atoms with Crippen molar-refractivity contribution in [3.8, 4) is 0 Å². The molecule has 5 nitrogen and oxygen atoms in total. The number of hydrogen-bond acceptors (Lipinski definition) is 4. The first kappa shape index (κ1) is 17.8. The highest BCUT2D eigenvalue weighted by Crippen LogP contribution is 2.40. The smallest absolute Gasteiger partial charge is 0.410 e. The Hall–Kier alpha value is -1.62. The van der Waals surface area contributed by atoms with Crippen molar-refractivity contribution in [1.82, 2.24) is 9.88 Å². The first-order valence-electron chi connectivity index (χ1n) is 9.97. The Labute approximate surface area is 156 Å². The average Bonchev–Trinajstić information content (AvgIpc) is 3.18. The van der Waals surface area contributed by atoms with E-state index in [1.165, 1.54) is 30.4 Å². The predicted molar refractivity (Wildman–Crippen MR) is 98.9 cm³/mol. The molecule has 3 atom stereocenters. The van der Waals surface area contributed by atoms with Crippen molar-refractivity contribution >= 4 is 6.09 Å². The van der Waals surface area contributed by atoms with Gasteiger partial charge >= 0.3 is 6.09 Å². The second-order valence-electron chi connectivity index (χ2n) is 9.02. The molecule has 2 fully saturated rings. The number of nitrogens with zero attached hydrogens (tertiary/aromatic N) is 2. The summed E-state index contributed by atoms with van der Waals surface area (Å²) in [6, 6.07) is 2.49. The third-order valence-corrected chi connectivity index (χ3v) is 5.83. The number of likely N-dealkylation sites (tertiary alicyclic amines) is 1. The molecule has 0 spiro atoms. The van der Waals surface area contributed by atoms with E-state index >= 15 is 0 Å². The van der Waals surface area contributed by atoms with Gasteiger partial charge in [-0.25, -0.2) is 4.79 Å². The number of piperidine rings is 1. The van der Waals surface area contributed by atoms with Gasteiger partial charge in [0, 0.05) is 24.7 Å². The van der Waals surface area contributed by atoms with Gasteiger partial charge in [0.2, 0.25) is 0 Å². The minimum Gasteiger partial charge on any atom is -0.444 e. The Morgan fingerprint density at radius 3 is 2.69 bits per heavy atom. The summed E-state index contributed by atoms with van der Waals surface area (Å²) in [5.74, 6) is 0.421. The number of fused-ring (bicyclic) bond motifs is 3. The van der Waals surface area contributed by atoms with Crippen molar-refractivity contribution in [2.24, 2.45) is 5.92 Å². The van der Waals surface area contributed by atoms with Gasteiger partial charge in [-0.15, -0.1) is 0 Å². The van der Waals surface area contributed by atoms with Gasteiger partial charge in [-0.3, -0.25) is 4.98 Å². The van der Waals surface area contributed by atoms with Gasteiger partial charge in [0.05, 0.1) is 18.4 Å². The van der Waals surface area contributed by atoms with Crippen LogP contribution in [0, 0.1) is 5.92 Å². The van der Waals surface area contributed by atoms with Gasteiger partial charge in [0.25, 0.3) is 0 Å². The molecule has 1 aromatic rings. The number of pyridine rings is 1. The summed E-state index contributed by atoms with van der Waals surface area (Å²) in [7, 11) is 0. The SMILES string of the molecule is CC(C)(C)OC(=O)N1C[C@H]2C[C@@H]1C[C@@H]2OCc1cc2c(cn1)CCCC2. The van der Waals surface area contributed by atoms with Crippen LogP contribution in [-0.4, -0.2) is 40.3 Å². The van der Waals surface area contributed by atoms with Gasteiger partial charge in [-0.05, 0) is 76.5 Å². The molecule has 5 heteroatoms. The molecule has 3 aliphatic rings. The highest BCUT2D eigenvalue weighted by molar-refractivity contribution is 5.69. The van der Waals surface area contributed by atoms with Crippen LogP contribution in [-0.2, 0) is 28.9 Å². The zero-order chi connectivity index (χ0) is 18.3. The van der Waals surface area contributed by atoms with E-state index in [1.807, 2.05) is 31.9 Å². The van der Waals surface area contributed by atoms with Gasteiger partial charge in [-0.1, -0.05) is 0 Å². The molecule has 2 bridgehead atoms. The Morgan fingerprint density at radius 1 is 1.23 bits per heavy atom. The molecule has 2 aliphatic carbocycles. The Kier molecular flexibility index (Phi) is 4.68. The van der Waals surface area contributed by atoms with Crippen LogP contribution in [0.5, 0.6) is 0 Å². The van der Waals surface area contributed by atoms with Gasteiger partial charge < -0.3 is 14.4 Å². The minimum absolute atomic E-state index is 0.181. The standard InChI is InChI=1S/C21H30N2O3/c1-21(2,3)26-20(24)23-12-16-9-18(23)10-19(16)25-13-17-8-14-6-4-5-7-15(14)11-22-17/h8,11,16,18-19H,4-7,9-10,12-13H2,1-3H3/t16-,18-,19+/m1/s1.